The Balaban J connectivity index is 1.43. The minimum absolute atomic E-state index is 0.237. The molecule has 3 aromatic carbocycles. The number of aromatic nitrogens is 1. The Labute approximate surface area is 173 Å². The fourth-order valence-electron chi connectivity index (χ4n) is 3.00. The number of benzene rings is 3. The van der Waals surface area contributed by atoms with E-state index in [9.17, 15) is 4.79 Å². The smallest absolute Gasteiger partial charge is 0.248 e. The van der Waals surface area contributed by atoms with E-state index < -0.39 is 0 Å². The van der Waals surface area contributed by atoms with Crippen LogP contribution in [-0.2, 0) is 4.79 Å². The van der Waals surface area contributed by atoms with E-state index >= 15 is 0 Å². The summed E-state index contributed by atoms with van der Waals surface area (Å²) in [6.07, 6.45) is 3.18. The molecule has 1 amide bonds. The third kappa shape index (κ3) is 4.17. The fraction of sp³-hybridized carbons (Fsp3) is 0.0833. The van der Waals surface area contributed by atoms with Crippen molar-refractivity contribution in [3.63, 3.8) is 0 Å². The van der Waals surface area contributed by atoms with Gasteiger partial charge in [0, 0.05) is 17.3 Å². The highest BCUT2D eigenvalue weighted by Gasteiger charge is 2.08. The van der Waals surface area contributed by atoms with Crippen LogP contribution in [0.3, 0.4) is 0 Å². The lowest BCUT2D eigenvalue weighted by molar-refractivity contribution is -0.111. The quantitative estimate of drug-likeness (QED) is 0.452. The number of ether oxygens (including phenoxy) is 2. The Morgan fingerprint density at radius 2 is 1.73 bits per heavy atom. The Morgan fingerprint density at radius 3 is 2.47 bits per heavy atom. The van der Waals surface area contributed by atoms with Gasteiger partial charge in [-0.2, -0.15) is 0 Å². The topological polar surface area (TPSA) is 73.6 Å². The molecule has 0 bridgehead atoms. The number of para-hydroxylation sites is 2. The monoisotopic (exact) mass is 400 g/mol. The van der Waals surface area contributed by atoms with Crippen molar-refractivity contribution in [1.29, 1.82) is 0 Å². The van der Waals surface area contributed by atoms with Gasteiger partial charge in [0.15, 0.2) is 17.1 Å². The molecule has 0 aliphatic heterocycles. The molecule has 0 fully saturated rings. The predicted octanol–water partition coefficient (Wildman–Crippen LogP) is 5.16. The van der Waals surface area contributed by atoms with Gasteiger partial charge in [0.2, 0.25) is 11.8 Å². The van der Waals surface area contributed by atoms with Gasteiger partial charge in [-0.25, -0.2) is 4.98 Å². The summed E-state index contributed by atoms with van der Waals surface area (Å²) in [5, 5.41) is 2.84. The zero-order valence-electron chi connectivity index (χ0n) is 16.6. The maximum absolute atomic E-state index is 12.3. The highest BCUT2D eigenvalue weighted by atomic mass is 16.5. The molecule has 0 saturated heterocycles. The molecule has 0 radical (unpaired) electrons. The molecule has 0 aliphatic rings. The Hall–Kier alpha value is -4.06. The summed E-state index contributed by atoms with van der Waals surface area (Å²) in [5.41, 5.74) is 3.89. The van der Waals surface area contributed by atoms with Crippen LogP contribution >= 0.6 is 0 Å². The number of oxazole rings is 1. The number of nitrogens with zero attached hydrogens (tertiary/aromatic N) is 1. The van der Waals surface area contributed by atoms with Gasteiger partial charge < -0.3 is 19.2 Å². The summed E-state index contributed by atoms with van der Waals surface area (Å²) < 4.78 is 16.3. The van der Waals surface area contributed by atoms with Crippen LogP contribution in [0.15, 0.2) is 77.2 Å². The van der Waals surface area contributed by atoms with Gasteiger partial charge in [0.05, 0.1) is 14.2 Å². The van der Waals surface area contributed by atoms with Crippen molar-refractivity contribution in [2.24, 2.45) is 0 Å². The summed E-state index contributed by atoms with van der Waals surface area (Å²) >= 11 is 0. The van der Waals surface area contributed by atoms with E-state index in [-0.39, 0.29) is 5.91 Å². The molecule has 6 heteroatoms. The summed E-state index contributed by atoms with van der Waals surface area (Å²) in [5.74, 6) is 1.55. The first-order valence-corrected chi connectivity index (χ1v) is 9.33. The average molecular weight is 400 g/mol. The molecule has 0 spiro atoms. The van der Waals surface area contributed by atoms with E-state index in [0.29, 0.717) is 23.1 Å². The molecular formula is C24H20N2O4. The number of methoxy groups -OCH3 is 2. The van der Waals surface area contributed by atoms with Gasteiger partial charge in [0.1, 0.15) is 5.52 Å². The van der Waals surface area contributed by atoms with Gasteiger partial charge >= 0.3 is 0 Å². The van der Waals surface area contributed by atoms with Crippen molar-refractivity contribution >= 4 is 28.8 Å². The highest BCUT2D eigenvalue weighted by molar-refractivity contribution is 6.02. The number of rotatable bonds is 6. The third-order valence-electron chi connectivity index (χ3n) is 4.53. The largest absolute Gasteiger partial charge is 0.493 e. The van der Waals surface area contributed by atoms with E-state index in [2.05, 4.69) is 10.3 Å². The zero-order valence-corrected chi connectivity index (χ0v) is 16.6. The average Bonchev–Trinajstić information content (AvgIpc) is 3.22. The summed E-state index contributed by atoms with van der Waals surface area (Å²) in [4.78, 5) is 16.7. The van der Waals surface area contributed by atoms with Crippen molar-refractivity contribution < 1.29 is 18.7 Å². The first kappa shape index (κ1) is 19.3. The SMILES string of the molecule is COc1ccc(/C=C/C(=O)Nc2ccc(-c3nc4ccccc4o3)cc2)cc1OC. The molecule has 0 saturated carbocycles. The van der Waals surface area contributed by atoms with Gasteiger partial charge in [-0.05, 0) is 60.2 Å². The number of carbonyl (C=O) groups is 1. The fourth-order valence-corrected chi connectivity index (χ4v) is 3.00. The Bertz CT molecular complexity index is 1180. The van der Waals surface area contributed by atoms with Crippen molar-refractivity contribution in [3.05, 3.63) is 78.4 Å². The lowest BCUT2D eigenvalue weighted by Gasteiger charge is -2.07. The van der Waals surface area contributed by atoms with Crippen LogP contribution < -0.4 is 14.8 Å². The van der Waals surface area contributed by atoms with E-state index in [1.807, 2.05) is 54.6 Å². The minimum Gasteiger partial charge on any atom is -0.493 e. The number of amides is 1. The molecule has 150 valence electrons. The van der Waals surface area contributed by atoms with E-state index in [1.165, 1.54) is 6.08 Å². The third-order valence-corrected chi connectivity index (χ3v) is 4.53. The molecule has 1 aromatic heterocycles. The van der Waals surface area contributed by atoms with E-state index in [1.54, 1.807) is 32.4 Å². The van der Waals surface area contributed by atoms with Gasteiger partial charge in [0.25, 0.3) is 0 Å². The first-order valence-electron chi connectivity index (χ1n) is 9.33. The molecule has 1 heterocycles. The number of fused-ring (bicyclic) bond motifs is 1. The number of anilines is 1. The molecule has 0 atom stereocenters. The van der Waals surface area contributed by atoms with Crippen molar-refractivity contribution in [3.8, 4) is 23.0 Å². The van der Waals surface area contributed by atoms with E-state index in [4.69, 9.17) is 13.9 Å². The van der Waals surface area contributed by atoms with Crippen LogP contribution in [0.1, 0.15) is 5.56 Å². The first-order chi connectivity index (χ1) is 14.7. The summed E-state index contributed by atoms with van der Waals surface area (Å²) in [6, 6.07) is 20.4. The second-order valence-corrected chi connectivity index (χ2v) is 6.50. The van der Waals surface area contributed by atoms with Crippen LogP contribution in [0.25, 0.3) is 28.6 Å². The maximum Gasteiger partial charge on any atom is 0.248 e. The van der Waals surface area contributed by atoms with Crippen molar-refractivity contribution in [1.82, 2.24) is 4.98 Å². The van der Waals surface area contributed by atoms with Gasteiger partial charge in [-0.15, -0.1) is 0 Å². The lowest BCUT2D eigenvalue weighted by atomic mass is 10.2. The molecule has 0 unspecified atom stereocenters. The molecule has 6 nitrogen and oxygen atoms in total. The Kier molecular flexibility index (Phi) is 5.48. The molecule has 4 rings (SSSR count). The molecular weight excluding hydrogens is 380 g/mol. The maximum atomic E-state index is 12.3. The second-order valence-electron chi connectivity index (χ2n) is 6.50. The summed E-state index contributed by atoms with van der Waals surface area (Å²) in [6.45, 7) is 0. The normalized spacial score (nSPS) is 11.0. The number of nitrogens with one attached hydrogen (secondary N) is 1. The minimum atomic E-state index is -0.237. The summed E-state index contributed by atoms with van der Waals surface area (Å²) in [7, 11) is 3.15. The van der Waals surface area contributed by atoms with Crippen molar-refractivity contribution in [2.45, 2.75) is 0 Å². The van der Waals surface area contributed by atoms with Gasteiger partial charge in [-0.1, -0.05) is 18.2 Å². The molecule has 1 N–H and O–H groups in total. The number of hydrogen-bond acceptors (Lipinski definition) is 5. The Morgan fingerprint density at radius 1 is 0.967 bits per heavy atom. The van der Waals surface area contributed by atoms with Crippen LogP contribution in [0.2, 0.25) is 0 Å². The predicted molar refractivity (Wildman–Crippen MR) is 117 cm³/mol. The highest BCUT2D eigenvalue weighted by Crippen LogP contribution is 2.28. The second kappa shape index (κ2) is 8.53. The van der Waals surface area contributed by atoms with Crippen molar-refractivity contribution in [2.75, 3.05) is 19.5 Å². The number of hydrogen-bond donors (Lipinski definition) is 1. The van der Waals surface area contributed by atoms with E-state index in [0.717, 1.165) is 22.2 Å². The molecule has 4 aromatic rings. The molecule has 30 heavy (non-hydrogen) atoms. The van der Waals surface area contributed by atoms with Crippen LogP contribution in [0, 0.1) is 0 Å². The van der Waals surface area contributed by atoms with Gasteiger partial charge in [-0.3, -0.25) is 4.79 Å². The number of carbonyl (C=O) groups excluding carboxylic acids is 1. The standard InChI is InChI=1S/C24H20N2O4/c1-28-21-13-7-16(15-22(21)29-2)8-14-23(27)25-18-11-9-17(10-12-18)24-26-19-5-3-4-6-20(19)30-24/h3-15H,1-2H3,(H,25,27)/b14-8+. The molecule has 0 aliphatic carbocycles. The van der Waals surface area contributed by atoms with Crippen LogP contribution in [0.5, 0.6) is 11.5 Å². The zero-order chi connectivity index (χ0) is 20.9. The van der Waals surface area contributed by atoms with Crippen LogP contribution in [0.4, 0.5) is 5.69 Å². The van der Waals surface area contributed by atoms with Crippen LogP contribution in [-0.4, -0.2) is 25.1 Å². The lowest BCUT2D eigenvalue weighted by Crippen LogP contribution is -2.07.